The Morgan fingerprint density at radius 3 is 2.71 bits per heavy atom. The van der Waals surface area contributed by atoms with Gasteiger partial charge in [-0.05, 0) is 64.8 Å². The van der Waals surface area contributed by atoms with Crippen molar-refractivity contribution in [3.8, 4) is 28.4 Å². The molecule has 1 aromatic carbocycles. The second-order valence-electron chi connectivity index (χ2n) is 11.8. The van der Waals surface area contributed by atoms with Gasteiger partial charge in [0.1, 0.15) is 11.4 Å². The van der Waals surface area contributed by atoms with Crippen LogP contribution in [0.1, 0.15) is 12.8 Å². The molecule has 6 rings (SSSR count). The van der Waals surface area contributed by atoms with Crippen LogP contribution in [0.4, 0.5) is 15.9 Å². The zero-order valence-corrected chi connectivity index (χ0v) is 24.7. The van der Waals surface area contributed by atoms with E-state index in [0.717, 1.165) is 82.0 Å². The Balaban J connectivity index is 1.39. The summed E-state index contributed by atoms with van der Waals surface area (Å²) in [6, 6.07) is 11.1. The van der Waals surface area contributed by atoms with Crippen LogP contribution in [-0.2, 0) is 0 Å². The molecule has 2 saturated heterocycles. The fraction of sp³-hybridized carbons (Fsp3) is 0.452. The fourth-order valence-corrected chi connectivity index (χ4v) is 5.85. The summed E-state index contributed by atoms with van der Waals surface area (Å²) < 4.78 is 18.2. The number of aromatic nitrogens is 4. The predicted octanol–water partition coefficient (Wildman–Crippen LogP) is 3.49. The molecule has 0 bridgehead atoms. The fourth-order valence-electron chi connectivity index (χ4n) is 5.85. The Hall–Kier alpha value is -3.80. The number of anilines is 2. The maximum atomic E-state index is 16.4. The number of phenols is 1. The van der Waals surface area contributed by atoms with Gasteiger partial charge in [0, 0.05) is 75.4 Å². The summed E-state index contributed by atoms with van der Waals surface area (Å²) >= 11 is 0. The normalized spacial score (nSPS) is 18.7. The van der Waals surface area contributed by atoms with Crippen LogP contribution in [0.25, 0.3) is 28.2 Å². The van der Waals surface area contributed by atoms with Crippen LogP contribution in [-0.4, -0.2) is 119 Å². The van der Waals surface area contributed by atoms with E-state index in [0.29, 0.717) is 11.4 Å². The summed E-state index contributed by atoms with van der Waals surface area (Å²) in [7, 11) is 6.26. The van der Waals surface area contributed by atoms with Gasteiger partial charge < -0.3 is 30.0 Å². The van der Waals surface area contributed by atoms with Crippen molar-refractivity contribution in [3.63, 3.8) is 0 Å². The highest BCUT2D eigenvalue weighted by molar-refractivity contribution is 5.79. The Bertz CT molecular complexity index is 1530. The van der Waals surface area contributed by atoms with Crippen molar-refractivity contribution < 1.29 is 9.50 Å². The van der Waals surface area contributed by atoms with Crippen LogP contribution in [0.15, 0.2) is 48.8 Å². The lowest BCUT2D eigenvalue weighted by Crippen LogP contribution is -2.44. The van der Waals surface area contributed by atoms with Gasteiger partial charge in [0.25, 0.3) is 0 Å². The van der Waals surface area contributed by atoms with Crippen LogP contribution >= 0.6 is 0 Å². The lowest BCUT2D eigenvalue weighted by molar-refractivity contribution is 0.196. The molecule has 42 heavy (non-hydrogen) atoms. The van der Waals surface area contributed by atoms with E-state index in [9.17, 15) is 5.11 Å². The molecule has 5 heterocycles. The Morgan fingerprint density at radius 2 is 1.90 bits per heavy atom. The first-order valence-corrected chi connectivity index (χ1v) is 14.8. The summed E-state index contributed by atoms with van der Waals surface area (Å²) in [6.07, 6.45) is 5.55. The van der Waals surface area contributed by atoms with E-state index in [1.165, 1.54) is 0 Å². The largest absolute Gasteiger partial charge is 0.508 e. The number of likely N-dealkylation sites (N-methyl/N-ethyl adjacent to an activating group) is 2. The van der Waals surface area contributed by atoms with Gasteiger partial charge in [-0.3, -0.25) is 0 Å². The summed E-state index contributed by atoms with van der Waals surface area (Å²) in [6.45, 7) is 7.31. The van der Waals surface area contributed by atoms with Gasteiger partial charge in [0.2, 0.25) is 0 Å². The van der Waals surface area contributed by atoms with Crippen molar-refractivity contribution in [3.05, 3.63) is 54.6 Å². The van der Waals surface area contributed by atoms with E-state index in [1.54, 1.807) is 22.8 Å². The molecular formula is C31H40FN9O. The van der Waals surface area contributed by atoms with E-state index in [4.69, 9.17) is 9.97 Å². The Kier molecular flexibility index (Phi) is 8.23. The molecule has 10 nitrogen and oxygen atoms in total. The Labute approximate surface area is 246 Å². The summed E-state index contributed by atoms with van der Waals surface area (Å²) in [5, 5.41) is 18.6. The minimum Gasteiger partial charge on any atom is -0.508 e. The Morgan fingerprint density at radius 1 is 1.07 bits per heavy atom. The number of fused-ring (bicyclic) bond motifs is 1. The molecule has 3 aromatic heterocycles. The van der Waals surface area contributed by atoms with Gasteiger partial charge in [-0.25, -0.2) is 18.9 Å². The number of benzene rings is 1. The number of piperidine rings is 1. The van der Waals surface area contributed by atoms with Gasteiger partial charge in [-0.1, -0.05) is 6.07 Å². The van der Waals surface area contributed by atoms with Crippen molar-refractivity contribution in [1.82, 2.24) is 34.3 Å². The zero-order valence-electron chi connectivity index (χ0n) is 24.7. The quantitative estimate of drug-likeness (QED) is 0.329. The first kappa shape index (κ1) is 28.3. The SMILES string of the molecule is CN(C)CCN1CCC[C@@H](Nc2nc(-c3cnn4ccccc34)nc(-c3cc(O)cc(N4CCN(C)CC4)c3)c2F)C1. The number of pyridine rings is 1. The van der Waals surface area contributed by atoms with Gasteiger partial charge in [-0.2, -0.15) is 5.10 Å². The minimum atomic E-state index is -0.518. The number of phenolic OH excluding ortho intramolecular Hbond substituents is 1. The zero-order chi connectivity index (χ0) is 29.2. The van der Waals surface area contributed by atoms with Gasteiger partial charge >= 0.3 is 0 Å². The number of hydrogen-bond acceptors (Lipinski definition) is 9. The summed E-state index contributed by atoms with van der Waals surface area (Å²) in [5.41, 5.74) is 3.08. The third-order valence-electron chi connectivity index (χ3n) is 8.27. The van der Waals surface area contributed by atoms with E-state index in [2.05, 4.69) is 51.2 Å². The number of rotatable bonds is 8. The average molecular weight is 574 g/mol. The average Bonchev–Trinajstić information content (AvgIpc) is 3.42. The second-order valence-corrected chi connectivity index (χ2v) is 11.8. The second kappa shape index (κ2) is 12.2. The monoisotopic (exact) mass is 573 g/mol. The molecule has 2 fully saturated rings. The van der Waals surface area contributed by atoms with Gasteiger partial charge in [-0.15, -0.1) is 0 Å². The molecule has 0 unspecified atom stereocenters. The standard InChI is InChI=1S/C31H40FN9O/c1-37(2)11-14-39-9-6-7-23(21-39)34-31-28(32)29(35-30(36-31)26-20-33-41-10-5-4-8-27(26)41)22-17-24(19-25(42)18-22)40-15-12-38(3)13-16-40/h4-5,8,10,17-20,23,42H,6-7,9,11-16,21H2,1-3H3,(H,34,35,36)/t23-/m1/s1. The van der Waals surface area contributed by atoms with Crippen molar-refractivity contribution in [2.24, 2.45) is 0 Å². The molecule has 11 heteroatoms. The van der Waals surface area contributed by atoms with Crippen LogP contribution in [0, 0.1) is 5.82 Å². The number of nitrogens with zero attached hydrogens (tertiary/aromatic N) is 8. The molecule has 0 saturated carbocycles. The number of aromatic hydroxyl groups is 1. The molecule has 0 spiro atoms. The topological polar surface area (TPSA) is 88.3 Å². The van der Waals surface area contributed by atoms with Crippen LogP contribution < -0.4 is 10.2 Å². The van der Waals surface area contributed by atoms with Crippen molar-refractivity contribution in [1.29, 1.82) is 0 Å². The third-order valence-corrected chi connectivity index (χ3v) is 8.27. The highest BCUT2D eigenvalue weighted by atomic mass is 19.1. The molecule has 4 aromatic rings. The lowest BCUT2D eigenvalue weighted by atomic mass is 10.0. The first-order valence-electron chi connectivity index (χ1n) is 14.8. The maximum Gasteiger partial charge on any atom is 0.191 e. The summed E-state index contributed by atoms with van der Waals surface area (Å²) in [4.78, 5) is 18.6. The molecule has 0 aliphatic carbocycles. The van der Waals surface area contributed by atoms with E-state index in [1.807, 2.05) is 30.5 Å². The highest BCUT2D eigenvalue weighted by Gasteiger charge is 2.25. The molecule has 0 radical (unpaired) electrons. The minimum absolute atomic E-state index is 0.0556. The van der Waals surface area contributed by atoms with E-state index < -0.39 is 5.82 Å². The smallest absolute Gasteiger partial charge is 0.191 e. The number of piperazine rings is 1. The number of halogens is 1. The van der Waals surface area contributed by atoms with Crippen LogP contribution in [0.5, 0.6) is 5.75 Å². The van der Waals surface area contributed by atoms with Gasteiger partial charge in [0.15, 0.2) is 17.5 Å². The molecule has 222 valence electrons. The maximum absolute atomic E-state index is 16.4. The molecule has 2 aliphatic heterocycles. The van der Waals surface area contributed by atoms with Crippen molar-refractivity contribution in [2.45, 2.75) is 18.9 Å². The molecule has 1 atom stereocenters. The molecular weight excluding hydrogens is 533 g/mol. The van der Waals surface area contributed by atoms with E-state index >= 15 is 4.39 Å². The number of hydrogen-bond donors (Lipinski definition) is 2. The van der Waals surface area contributed by atoms with Crippen LogP contribution in [0.2, 0.25) is 0 Å². The van der Waals surface area contributed by atoms with Crippen molar-refractivity contribution in [2.75, 3.05) is 83.7 Å². The summed E-state index contributed by atoms with van der Waals surface area (Å²) in [5.74, 6) is 0.125. The van der Waals surface area contributed by atoms with Crippen LogP contribution in [0.3, 0.4) is 0 Å². The first-order chi connectivity index (χ1) is 20.3. The molecule has 2 N–H and O–H groups in total. The number of nitrogens with one attached hydrogen (secondary N) is 1. The molecule has 2 aliphatic rings. The predicted molar refractivity (Wildman–Crippen MR) is 165 cm³/mol. The van der Waals surface area contributed by atoms with E-state index in [-0.39, 0.29) is 23.3 Å². The number of likely N-dealkylation sites (tertiary alicyclic amines) is 1. The van der Waals surface area contributed by atoms with Gasteiger partial charge in [0.05, 0.1) is 17.3 Å². The highest BCUT2D eigenvalue weighted by Crippen LogP contribution is 2.35. The van der Waals surface area contributed by atoms with Crippen molar-refractivity contribution >= 4 is 17.0 Å². The molecule has 0 amide bonds. The lowest BCUT2D eigenvalue weighted by Gasteiger charge is -2.34. The third kappa shape index (κ3) is 6.18.